The Balaban J connectivity index is 1.61. The van der Waals surface area contributed by atoms with Crippen LogP contribution in [0.2, 0.25) is 0 Å². The molecule has 2 nitrogen and oxygen atoms in total. The summed E-state index contributed by atoms with van der Waals surface area (Å²) in [5.74, 6) is 0.930. The van der Waals surface area contributed by atoms with E-state index in [9.17, 15) is 0 Å². The molecule has 0 saturated heterocycles. The van der Waals surface area contributed by atoms with Crippen LogP contribution in [0.25, 0.3) is 0 Å². The highest BCUT2D eigenvalue weighted by molar-refractivity contribution is 4.95. The normalized spacial score (nSPS) is 11.5. The molecule has 0 atom stereocenters. The quantitative estimate of drug-likeness (QED) is 0.104. The Kier molecular flexibility index (Phi) is 25.7. The fourth-order valence-electron chi connectivity index (χ4n) is 5.09. The lowest BCUT2D eigenvalue weighted by atomic mass is 10.0. The predicted octanol–water partition coefficient (Wildman–Crippen LogP) is 12.0. The molecule has 0 fully saturated rings. The first kappa shape index (κ1) is 32.3. The van der Waals surface area contributed by atoms with Gasteiger partial charge in [-0.1, -0.05) is 167 Å². The van der Waals surface area contributed by atoms with Crippen LogP contribution in [-0.2, 0) is 11.3 Å². The average molecular weight is 491 g/mol. The molecular weight excluding hydrogens is 428 g/mol. The number of rotatable bonds is 29. The van der Waals surface area contributed by atoms with Crippen molar-refractivity contribution >= 4 is 0 Å². The maximum absolute atomic E-state index is 5.64. The van der Waals surface area contributed by atoms with E-state index < -0.39 is 0 Å². The summed E-state index contributed by atoms with van der Waals surface area (Å²) in [4.78, 5) is 0. The minimum absolute atomic E-state index is 0.618. The van der Waals surface area contributed by atoms with Crippen LogP contribution in [0.5, 0.6) is 0 Å². The van der Waals surface area contributed by atoms with Gasteiger partial charge in [0.15, 0.2) is 0 Å². The summed E-state index contributed by atoms with van der Waals surface area (Å²) in [7, 11) is 0. The van der Waals surface area contributed by atoms with Crippen LogP contribution in [0, 0.1) is 0 Å². The number of unbranched alkanes of at least 4 members (excludes halogenated alkanes) is 25. The molecule has 0 radical (unpaired) electrons. The van der Waals surface area contributed by atoms with Gasteiger partial charge < -0.3 is 9.15 Å². The highest BCUT2D eigenvalue weighted by atomic mass is 16.5. The van der Waals surface area contributed by atoms with E-state index in [4.69, 9.17) is 9.15 Å². The van der Waals surface area contributed by atoms with Crippen molar-refractivity contribution in [2.24, 2.45) is 0 Å². The van der Waals surface area contributed by atoms with Crippen molar-refractivity contribution in [3.8, 4) is 0 Å². The van der Waals surface area contributed by atoms with E-state index in [1.807, 2.05) is 12.1 Å². The van der Waals surface area contributed by atoms with Crippen LogP contribution in [0.1, 0.15) is 180 Å². The highest BCUT2D eigenvalue weighted by Crippen LogP contribution is 2.16. The third-order valence-electron chi connectivity index (χ3n) is 7.47. The zero-order chi connectivity index (χ0) is 24.9. The summed E-state index contributed by atoms with van der Waals surface area (Å²) in [5.41, 5.74) is 0. The molecular formula is C33H62O2. The topological polar surface area (TPSA) is 22.4 Å². The van der Waals surface area contributed by atoms with Crippen LogP contribution >= 0.6 is 0 Å². The second kappa shape index (κ2) is 27.8. The molecule has 1 aromatic rings. The summed E-state index contributed by atoms with van der Waals surface area (Å²) < 4.78 is 10.9. The Labute approximate surface area is 220 Å². The van der Waals surface area contributed by atoms with Gasteiger partial charge in [-0.2, -0.15) is 0 Å². The van der Waals surface area contributed by atoms with E-state index in [1.54, 1.807) is 6.26 Å². The van der Waals surface area contributed by atoms with Crippen molar-refractivity contribution in [2.45, 2.75) is 180 Å². The first-order valence-electron chi connectivity index (χ1n) is 16.0. The van der Waals surface area contributed by atoms with Gasteiger partial charge in [0.1, 0.15) is 12.4 Å². The van der Waals surface area contributed by atoms with E-state index in [1.165, 1.54) is 167 Å². The fraction of sp³-hybridized carbons (Fsp3) is 0.879. The van der Waals surface area contributed by atoms with E-state index in [2.05, 4.69) is 6.92 Å². The van der Waals surface area contributed by atoms with Gasteiger partial charge in [-0.15, -0.1) is 0 Å². The lowest BCUT2D eigenvalue weighted by molar-refractivity contribution is 0.102. The summed E-state index contributed by atoms with van der Waals surface area (Å²) >= 11 is 0. The van der Waals surface area contributed by atoms with Crippen LogP contribution in [0.3, 0.4) is 0 Å². The zero-order valence-corrected chi connectivity index (χ0v) is 23.8. The Morgan fingerprint density at radius 1 is 0.486 bits per heavy atom. The second-order valence-corrected chi connectivity index (χ2v) is 11.0. The van der Waals surface area contributed by atoms with Crippen molar-refractivity contribution in [3.63, 3.8) is 0 Å². The SMILES string of the molecule is CCCCCCCCCCCCCCCCCCCCCCCCCCCCOCc1ccco1. The third-order valence-corrected chi connectivity index (χ3v) is 7.47. The molecule has 206 valence electrons. The Hall–Kier alpha value is -0.760. The molecule has 2 heteroatoms. The van der Waals surface area contributed by atoms with Crippen molar-refractivity contribution < 1.29 is 9.15 Å². The molecule has 35 heavy (non-hydrogen) atoms. The molecule has 0 unspecified atom stereocenters. The van der Waals surface area contributed by atoms with E-state index in [0.717, 1.165) is 12.4 Å². The molecule has 0 saturated carbocycles. The third kappa shape index (κ3) is 24.7. The minimum Gasteiger partial charge on any atom is -0.467 e. The smallest absolute Gasteiger partial charge is 0.129 e. The highest BCUT2D eigenvalue weighted by Gasteiger charge is 1.97. The summed E-state index contributed by atoms with van der Waals surface area (Å²) in [5, 5.41) is 0. The number of ether oxygens (including phenoxy) is 1. The fourth-order valence-corrected chi connectivity index (χ4v) is 5.09. The standard InChI is InChI=1S/C33H62O2/c1-2-3-4-5-6-7-8-9-10-11-12-13-14-15-16-17-18-19-20-21-22-23-24-25-26-27-30-34-32-33-29-28-31-35-33/h28-29,31H,2-27,30,32H2,1H3. The molecule has 0 aliphatic rings. The second-order valence-electron chi connectivity index (χ2n) is 11.0. The maximum atomic E-state index is 5.64. The van der Waals surface area contributed by atoms with Gasteiger partial charge in [0.2, 0.25) is 0 Å². The van der Waals surface area contributed by atoms with Gasteiger partial charge >= 0.3 is 0 Å². The lowest BCUT2D eigenvalue weighted by Gasteiger charge is -2.05. The van der Waals surface area contributed by atoms with Crippen molar-refractivity contribution in [2.75, 3.05) is 6.61 Å². The molecule has 0 aliphatic carbocycles. The van der Waals surface area contributed by atoms with Gasteiger partial charge in [0, 0.05) is 6.61 Å². The summed E-state index contributed by atoms with van der Waals surface area (Å²) in [6.45, 7) is 3.78. The minimum atomic E-state index is 0.618. The van der Waals surface area contributed by atoms with Gasteiger partial charge in [-0.25, -0.2) is 0 Å². The monoisotopic (exact) mass is 490 g/mol. The first-order valence-corrected chi connectivity index (χ1v) is 16.0. The summed E-state index contributed by atoms with van der Waals surface area (Å²) in [6.07, 6.45) is 39.2. The van der Waals surface area contributed by atoms with E-state index in [-0.39, 0.29) is 0 Å². The molecule has 1 heterocycles. The largest absolute Gasteiger partial charge is 0.467 e. The van der Waals surface area contributed by atoms with Crippen LogP contribution in [-0.4, -0.2) is 6.61 Å². The molecule has 0 bridgehead atoms. The molecule has 1 aromatic heterocycles. The van der Waals surface area contributed by atoms with Crippen LogP contribution in [0.15, 0.2) is 22.8 Å². The van der Waals surface area contributed by atoms with E-state index >= 15 is 0 Å². The molecule has 0 spiro atoms. The van der Waals surface area contributed by atoms with Gasteiger partial charge in [-0.05, 0) is 18.6 Å². The van der Waals surface area contributed by atoms with Gasteiger partial charge in [0.25, 0.3) is 0 Å². The molecule has 0 N–H and O–H groups in total. The average Bonchev–Trinajstić information content (AvgIpc) is 3.39. The summed E-state index contributed by atoms with van der Waals surface area (Å²) in [6, 6.07) is 3.89. The zero-order valence-electron chi connectivity index (χ0n) is 23.8. The van der Waals surface area contributed by atoms with Gasteiger partial charge in [-0.3, -0.25) is 0 Å². The molecule has 0 aliphatic heterocycles. The van der Waals surface area contributed by atoms with Gasteiger partial charge in [0.05, 0.1) is 6.26 Å². The number of hydrogen-bond donors (Lipinski definition) is 0. The Morgan fingerprint density at radius 3 is 1.14 bits per heavy atom. The predicted molar refractivity (Wildman–Crippen MR) is 154 cm³/mol. The van der Waals surface area contributed by atoms with Crippen molar-refractivity contribution in [3.05, 3.63) is 24.2 Å². The molecule has 0 amide bonds. The first-order chi connectivity index (χ1) is 17.4. The maximum Gasteiger partial charge on any atom is 0.129 e. The Bertz CT molecular complexity index is 481. The van der Waals surface area contributed by atoms with E-state index in [0.29, 0.717) is 6.61 Å². The molecule has 0 aromatic carbocycles. The number of hydrogen-bond acceptors (Lipinski definition) is 2. The van der Waals surface area contributed by atoms with Crippen molar-refractivity contribution in [1.29, 1.82) is 0 Å². The van der Waals surface area contributed by atoms with Crippen LogP contribution in [0.4, 0.5) is 0 Å². The number of furan rings is 1. The molecule has 1 rings (SSSR count). The van der Waals surface area contributed by atoms with Crippen LogP contribution < -0.4 is 0 Å². The Morgan fingerprint density at radius 2 is 0.829 bits per heavy atom. The lowest BCUT2D eigenvalue weighted by Crippen LogP contribution is -1.94. The van der Waals surface area contributed by atoms with Crippen molar-refractivity contribution in [1.82, 2.24) is 0 Å².